The van der Waals surface area contributed by atoms with Crippen LogP contribution in [0.25, 0.3) is 11.3 Å². The second-order valence-electron chi connectivity index (χ2n) is 3.89. The predicted octanol–water partition coefficient (Wildman–Crippen LogP) is 2.76. The summed E-state index contributed by atoms with van der Waals surface area (Å²) in [5, 5.41) is 9.13. The average molecular weight is 243 g/mol. The van der Waals surface area contributed by atoms with E-state index in [1.54, 1.807) is 0 Å². The number of benzene rings is 1. The zero-order chi connectivity index (χ0) is 13.1. The van der Waals surface area contributed by atoms with Crippen LogP contribution in [0.1, 0.15) is 15.9 Å². The summed E-state index contributed by atoms with van der Waals surface area (Å²) in [6.45, 7) is 1.96. The first-order valence-electron chi connectivity index (χ1n) is 5.47. The highest BCUT2D eigenvalue weighted by Crippen LogP contribution is 2.26. The molecule has 0 amide bonds. The molecule has 2 rings (SSSR count). The largest absolute Gasteiger partial charge is 0.494 e. The summed E-state index contributed by atoms with van der Waals surface area (Å²) in [6, 6.07) is 9.23. The van der Waals surface area contributed by atoms with Crippen molar-refractivity contribution in [2.24, 2.45) is 0 Å². The molecule has 18 heavy (non-hydrogen) atoms. The van der Waals surface area contributed by atoms with Crippen LogP contribution in [0.3, 0.4) is 0 Å². The molecule has 0 aliphatic heterocycles. The molecule has 0 bridgehead atoms. The minimum atomic E-state index is -1.02. The second-order valence-corrected chi connectivity index (χ2v) is 3.89. The van der Waals surface area contributed by atoms with Crippen LogP contribution < -0.4 is 4.74 Å². The Kier molecular flexibility index (Phi) is 3.28. The van der Waals surface area contributed by atoms with Gasteiger partial charge in [0.1, 0.15) is 5.56 Å². The predicted molar refractivity (Wildman–Crippen MR) is 67.9 cm³/mol. The SMILES string of the molecule is COc1cnc(-c2ccccc2C)cc1C(=O)O. The lowest BCUT2D eigenvalue weighted by Gasteiger charge is -2.08. The molecular weight excluding hydrogens is 230 g/mol. The molecule has 0 saturated carbocycles. The van der Waals surface area contributed by atoms with E-state index in [2.05, 4.69) is 4.98 Å². The molecule has 0 radical (unpaired) electrons. The van der Waals surface area contributed by atoms with E-state index >= 15 is 0 Å². The molecule has 1 aromatic carbocycles. The molecule has 1 N–H and O–H groups in total. The molecule has 0 fully saturated rings. The van der Waals surface area contributed by atoms with Crippen LogP contribution in [-0.2, 0) is 0 Å². The van der Waals surface area contributed by atoms with Crippen LogP contribution in [0, 0.1) is 6.92 Å². The number of rotatable bonds is 3. The summed E-state index contributed by atoms with van der Waals surface area (Å²) in [7, 11) is 1.43. The summed E-state index contributed by atoms with van der Waals surface area (Å²) in [6.07, 6.45) is 1.44. The van der Waals surface area contributed by atoms with Crippen LogP contribution in [0.5, 0.6) is 5.75 Å². The Hall–Kier alpha value is -2.36. The quantitative estimate of drug-likeness (QED) is 0.900. The fraction of sp³-hybridized carbons (Fsp3) is 0.143. The van der Waals surface area contributed by atoms with Crippen LogP contribution >= 0.6 is 0 Å². The van der Waals surface area contributed by atoms with Crippen molar-refractivity contribution in [2.75, 3.05) is 7.11 Å². The van der Waals surface area contributed by atoms with Gasteiger partial charge < -0.3 is 9.84 Å². The van der Waals surface area contributed by atoms with E-state index in [1.807, 2.05) is 31.2 Å². The monoisotopic (exact) mass is 243 g/mol. The Balaban J connectivity index is 2.57. The number of carboxylic acid groups (broad SMARTS) is 1. The van der Waals surface area contributed by atoms with Crippen LogP contribution in [0.2, 0.25) is 0 Å². The molecule has 0 unspecified atom stereocenters. The third-order valence-electron chi connectivity index (χ3n) is 2.74. The van der Waals surface area contributed by atoms with Crippen LogP contribution in [-0.4, -0.2) is 23.2 Å². The molecule has 0 saturated heterocycles. The van der Waals surface area contributed by atoms with Gasteiger partial charge in [-0.2, -0.15) is 0 Å². The van der Waals surface area contributed by atoms with Crippen molar-refractivity contribution >= 4 is 5.97 Å². The molecule has 0 aliphatic rings. The Morgan fingerprint density at radius 1 is 1.33 bits per heavy atom. The number of carboxylic acids is 1. The second kappa shape index (κ2) is 4.87. The zero-order valence-corrected chi connectivity index (χ0v) is 10.2. The van der Waals surface area contributed by atoms with Gasteiger partial charge in [-0.05, 0) is 18.6 Å². The lowest BCUT2D eigenvalue weighted by Crippen LogP contribution is -2.02. The van der Waals surface area contributed by atoms with E-state index in [-0.39, 0.29) is 11.3 Å². The van der Waals surface area contributed by atoms with Gasteiger partial charge in [-0.15, -0.1) is 0 Å². The van der Waals surface area contributed by atoms with Gasteiger partial charge in [-0.1, -0.05) is 24.3 Å². The fourth-order valence-electron chi connectivity index (χ4n) is 1.78. The molecule has 1 aromatic heterocycles. The number of hydrogen-bond donors (Lipinski definition) is 1. The number of methoxy groups -OCH3 is 1. The van der Waals surface area contributed by atoms with Crippen molar-refractivity contribution in [1.29, 1.82) is 0 Å². The topological polar surface area (TPSA) is 59.4 Å². The highest BCUT2D eigenvalue weighted by Gasteiger charge is 2.14. The van der Waals surface area contributed by atoms with E-state index in [4.69, 9.17) is 9.84 Å². The van der Waals surface area contributed by atoms with E-state index in [0.717, 1.165) is 11.1 Å². The van der Waals surface area contributed by atoms with Crippen molar-refractivity contribution in [1.82, 2.24) is 4.98 Å². The number of aromatic nitrogens is 1. The lowest BCUT2D eigenvalue weighted by molar-refractivity contribution is 0.0693. The molecule has 0 spiro atoms. The number of aromatic carboxylic acids is 1. The number of hydrogen-bond acceptors (Lipinski definition) is 3. The Morgan fingerprint density at radius 2 is 2.06 bits per heavy atom. The molecule has 4 nitrogen and oxygen atoms in total. The maximum atomic E-state index is 11.1. The van der Waals surface area contributed by atoms with E-state index in [1.165, 1.54) is 19.4 Å². The number of pyridine rings is 1. The van der Waals surface area contributed by atoms with E-state index in [9.17, 15) is 4.79 Å². The fourth-order valence-corrected chi connectivity index (χ4v) is 1.78. The van der Waals surface area contributed by atoms with Crippen molar-refractivity contribution in [3.63, 3.8) is 0 Å². The third-order valence-corrected chi connectivity index (χ3v) is 2.74. The van der Waals surface area contributed by atoms with Gasteiger partial charge in [0.05, 0.1) is 19.0 Å². The summed E-state index contributed by atoms with van der Waals surface area (Å²) in [5.74, 6) is -0.760. The molecule has 4 heteroatoms. The molecule has 0 atom stereocenters. The van der Waals surface area contributed by atoms with Crippen molar-refractivity contribution in [3.8, 4) is 17.0 Å². The standard InChI is InChI=1S/C14H13NO3/c1-9-5-3-4-6-10(9)12-7-11(14(16)17)13(18-2)8-15-12/h3-8H,1-2H3,(H,16,17). The first kappa shape index (κ1) is 12.1. The third kappa shape index (κ3) is 2.18. The number of nitrogens with zero attached hydrogens (tertiary/aromatic N) is 1. The molecule has 0 aliphatic carbocycles. The zero-order valence-electron chi connectivity index (χ0n) is 10.2. The molecule has 2 aromatic rings. The number of carbonyl (C=O) groups is 1. The number of ether oxygens (including phenoxy) is 1. The first-order valence-corrected chi connectivity index (χ1v) is 5.47. The van der Waals surface area contributed by atoms with Gasteiger partial charge in [0.2, 0.25) is 0 Å². The van der Waals surface area contributed by atoms with Crippen molar-refractivity contribution in [2.45, 2.75) is 6.92 Å². The smallest absolute Gasteiger partial charge is 0.339 e. The summed E-state index contributed by atoms with van der Waals surface area (Å²) < 4.78 is 4.98. The molecule has 1 heterocycles. The Bertz CT molecular complexity index is 593. The Morgan fingerprint density at radius 3 is 2.67 bits per heavy atom. The Labute approximate surface area is 105 Å². The van der Waals surface area contributed by atoms with Gasteiger partial charge in [0, 0.05) is 5.56 Å². The van der Waals surface area contributed by atoms with Crippen molar-refractivity contribution < 1.29 is 14.6 Å². The van der Waals surface area contributed by atoms with Gasteiger partial charge in [0.25, 0.3) is 0 Å². The highest BCUT2D eigenvalue weighted by atomic mass is 16.5. The van der Waals surface area contributed by atoms with Gasteiger partial charge in [-0.3, -0.25) is 4.98 Å². The summed E-state index contributed by atoms with van der Waals surface area (Å²) in [5.41, 5.74) is 2.71. The minimum absolute atomic E-state index is 0.116. The molecule has 92 valence electrons. The van der Waals surface area contributed by atoms with Gasteiger partial charge in [0.15, 0.2) is 5.75 Å². The number of aryl methyl sites for hydroxylation is 1. The van der Waals surface area contributed by atoms with Crippen LogP contribution in [0.15, 0.2) is 36.5 Å². The summed E-state index contributed by atoms with van der Waals surface area (Å²) >= 11 is 0. The average Bonchev–Trinajstić information content (AvgIpc) is 2.38. The summed E-state index contributed by atoms with van der Waals surface area (Å²) in [4.78, 5) is 15.4. The maximum absolute atomic E-state index is 11.1. The van der Waals surface area contributed by atoms with E-state index in [0.29, 0.717) is 5.69 Å². The normalized spacial score (nSPS) is 10.1. The maximum Gasteiger partial charge on any atom is 0.339 e. The van der Waals surface area contributed by atoms with Crippen molar-refractivity contribution in [3.05, 3.63) is 47.7 Å². The van der Waals surface area contributed by atoms with Gasteiger partial charge >= 0.3 is 5.97 Å². The first-order chi connectivity index (χ1) is 8.63. The molecular formula is C14H13NO3. The minimum Gasteiger partial charge on any atom is -0.494 e. The highest BCUT2D eigenvalue weighted by molar-refractivity contribution is 5.92. The lowest BCUT2D eigenvalue weighted by atomic mass is 10.0. The van der Waals surface area contributed by atoms with E-state index < -0.39 is 5.97 Å². The van der Waals surface area contributed by atoms with Crippen LogP contribution in [0.4, 0.5) is 0 Å². The van der Waals surface area contributed by atoms with Gasteiger partial charge in [-0.25, -0.2) is 4.79 Å².